The molecule has 0 fully saturated rings. The van der Waals surface area contributed by atoms with E-state index in [0.717, 1.165) is 35.4 Å². The lowest BCUT2D eigenvalue weighted by Crippen LogP contribution is -2.24. The Hall–Kier alpha value is -4.70. The van der Waals surface area contributed by atoms with E-state index in [0.29, 0.717) is 17.9 Å². The molecule has 0 saturated heterocycles. The van der Waals surface area contributed by atoms with E-state index in [1.165, 1.54) is 0 Å². The van der Waals surface area contributed by atoms with Crippen molar-refractivity contribution in [3.8, 4) is 28.8 Å². The van der Waals surface area contributed by atoms with Crippen molar-refractivity contribution < 1.29 is 9.53 Å². The van der Waals surface area contributed by atoms with Crippen molar-refractivity contribution in [1.82, 2.24) is 20.1 Å². The fourth-order valence-corrected chi connectivity index (χ4v) is 3.56. The quantitative estimate of drug-likeness (QED) is 0.189. The van der Waals surface area contributed by atoms with E-state index in [1.807, 2.05) is 72.9 Å². The van der Waals surface area contributed by atoms with E-state index in [9.17, 15) is 10.1 Å². The number of hydrogen-bond donors (Lipinski definition) is 1. The van der Waals surface area contributed by atoms with Crippen LogP contribution in [0.1, 0.15) is 30.9 Å². The predicted molar refractivity (Wildman–Crippen MR) is 139 cm³/mol. The van der Waals surface area contributed by atoms with Crippen molar-refractivity contribution in [2.24, 2.45) is 0 Å². The molecule has 36 heavy (non-hydrogen) atoms. The minimum atomic E-state index is -0.459. The van der Waals surface area contributed by atoms with E-state index >= 15 is 0 Å². The van der Waals surface area contributed by atoms with Crippen LogP contribution in [0.2, 0.25) is 0 Å². The molecule has 7 nitrogen and oxygen atoms in total. The number of benzene rings is 2. The fourth-order valence-electron chi connectivity index (χ4n) is 3.56. The molecule has 2 heterocycles. The van der Waals surface area contributed by atoms with Crippen molar-refractivity contribution in [2.45, 2.75) is 26.3 Å². The Morgan fingerprint density at radius 3 is 2.61 bits per heavy atom. The highest BCUT2D eigenvalue weighted by molar-refractivity contribution is 6.02. The Kier molecular flexibility index (Phi) is 8.23. The lowest BCUT2D eigenvalue weighted by Gasteiger charge is -2.06. The molecule has 4 aromatic rings. The van der Waals surface area contributed by atoms with Crippen LogP contribution in [0.4, 0.5) is 0 Å². The molecule has 2 aromatic heterocycles. The number of amides is 1. The first kappa shape index (κ1) is 24.4. The molecule has 2 aromatic carbocycles. The summed E-state index contributed by atoms with van der Waals surface area (Å²) in [5.74, 6) is 0.332. The molecular formula is C29H27N5O2. The van der Waals surface area contributed by atoms with Crippen LogP contribution in [-0.4, -0.2) is 27.3 Å². The third-order valence-electron chi connectivity index (χ3n) is 5.50. The van der Waals surface area contributed by atoms with Gasteiger partial charge in [-0.05, 0) is 60.5 Å². The summed E-state index contributed by atoms with van der Waals surface area (Å²) < 4.78 is 7.53. The first-order valence-electron chi connectivity index (χ1n) is 11.8. The molecule has 0 aliphatic carbocycles. The average Bonchev–Trinajstić information content (AvgIpc) is 3.36. The Bertz CT molecular complexity index is 1350. The highest BCUT2D eigenvalue weighted by Gasteiger charge is 2.15. The second kappa shape index (κ2) is 12.1. The zero-order chi connectivity index (χ0) is 25.2. The predicted octanol–water partition coefficient (Wildman–Crippen LogP) is 5.34. The molecule has 0 atom stereocenters. The van der Waals surface area contributed by atoms with Gasteiger partial charge in [-0.2, -0.15) is 10.4 Å². The largest absolute Gasteiger partial charge is 0.494 e. The summed E-state index contributed by atoms with van der Waals surface area (Å²) in [7, 11) is 0. The van der Waals surface area contributed by atoms with Gasteiger partial charge in [0.15, 0.2) is 0 Å². The van der Waals surface area contributed by atoms with Crippen LogP contribution in [0, 0.1) is 11.3 Å². The van der Waals surface area contributed by atoms with Gasteiger partial charge in [-0.15, -0.1) is 0 Å². The zero-order valence-corrected chi connectivity index (χ0v) is 20.1. The Balaban J connectivity index is 1.64. The van der Waals surface area contributed by atoms with Crippen LogP contribution in [-0.2, 0) is 11.3 Å². The smallest absolute Gasteiger partial charge is 0.262 e. The van der Waals surface area contributed by atoms with Crippen LogP contribution >= 0.6 is 0 Å². The highest BCUT2D eigenvalue weighted by Crippen LogP contribution is 2.27. The molecule has 0 radical (unpaired) electrons. The first-order chi connectivity index (χ1) is 17.7. The van der Waals surface area contributed by atoms with E-state index < -0.39 is 5.91 Å². The molecule has 1 N–H and O–H groups in total. The average molecular weight is 478 g/mol. The number of nitrogens with one attached hydrogen (secondary N) is 1. The van der Waals surface area contributed by atoms with Gasteiger partial charge in [-0.25, -0.2) is 4.68 Å². The SMILES string of the molecule is CCCCOc1ccc(-c2nn(-c3ccccc3)cc2/C=C(\C#N)C(=O)NCc2cccnc2)cc1. The minimum Gasteiger partial charge on any atom is -0.494 e. The topological polar surface area (TPSA) is 92.8 Å². The van der Waals surface area contributed by atoms with Crippen LogP contribution in [0.25, 0.3) is 23.0 Å². The van der Waals surface area contributed by atoms with Crippen LogP contribution in [0.5, 0.6) is 5.75 Å². The summed E-state index contributed by atoms with van der Waals surface area (Å²) in [5.41, 5.74) is 3.89. The molecule has 0 aliphatic rings. The zero-order valence-electron chi connectivity index (χ0n) is 20.1. The standard InChI is InChI=1S/C29H27N5O2/c1-2-3-16-36-27-13-11-23(12-14-27)28-25(21-34(33-28)26-9-5-4-6-10-26)17-24(18-30)29(35)32-20-22-8-7-15-31-19-22/h4-15,17,19,21H,2-3,16,20H2,1H3,(H,32,35)/b24-17+. The summed E-state index contributed by atoms with van der Waals surface area (Å²) in [6, 6.07) is 23.1. The molecule has 0 bridgehead atoms. The molecule has 0 spiro atoms. The van der Waals surface area contributed by atoms with Crippen molar-refractivity contribution in [1.29, 1.82) is 5.26 Å². The monoisotopic (exact) mass is 477 g/mol. The van der Waals surface area contributed by atoms with Crippen LogP contribution < -0.4 is 10.1 Å². The third kappa shape index (κ3) is 6.24. The maximum absolute atomic E-state index is 12.8. The Morgan fingerprint density at radius 2 is 1.92 bits per heavy atom. The van der Waals surface area contributed by atoms with Crippen molar-refractivity contribution in [3.05, 3.63) is 102 Å². The molecule has 0 aliphatic heterocycles. The number of carbonyl (C=O) groups excluding carboxylic acids is 1. The summed E-state index contributed by atoms with van der Waals surface area (Å²) in [4.78, 5) is 16.8. The van der Waals surface area contributed by atoms with E-state index in [4.69, 9.17) is 9.84 Å². The van der Waals surface area contributed by atoms with Gasteiger partial charge in [0.25, 0.3) is 5.91 Å². The number of para-hydroxylation sites is 1. The molecule has 180 valence electrons. The van der Waals surface area contributed by atoms with Crippen molar-refractivity contribution in [3.63, 3.8) is 0 Å². The van der Waals surface area contributed by atoms with Gasteiger partial charge in [0.1, 0.15) is 17.4 Å². The molecule has 0 saturated carbocycles. The van der Waals surface area contributed by atoms with Gasteiger partial charge < -0.3 is 10.1 Å². The van der Waals surface area contributed by atoms with Crippen molar-refractivity contribution >= 4 is 12.0 Å². The van der Waals surface area contributed by atoms with Gasteiger partial charge in [-0.1, -0.05) is 37.6 Å². The maximum Gasteiger partial charge on any atom is 0.262 e. The van der Waals surface area contributed by atoms with Gasteiger partial charge >= 0.3 is 0 Å². The number of nitriles is 1. The lowest BCUT2D eigenvalue weighted by atomic mass is 10.1. The lowest BCUT2D eigenvalue weighted by molar-refractivity contribution is -0.117. The molecule has 0 unspecified atom stereocenters. The van der Waals surface area contributed by atoms with Crippen LogP contribution in [0.3, 0.4) is 0 Å². The number of hydrogen-bond acceptors (Lipinski definition) is 5. The molecule has 7 heteroatoms. The van der Waals surface area contributed by atoms with Gasteiger partial charge in [0, 0.05) is 36.3 Å². The number of carbonyl (C=O) groups is 1. The summed E-state index contributed by atoms with van der Waals surface area (Å²) >= 11 is 0. The van der Waals surface area contributed by atoms with Crippen LogP contribution in [0.15, 0.2) is 90.9 Å². The van der Waals surface area contributed by atoms with Gasteiger partial charge in [0.05, 0.1) is 18.0 Å². The molecule has 1 amide bonds. The Morgan fingerprint density at radius 1 is 1.11 bits per heavy atom. The first-order valence-corrected chi connectivity index (χ1v) is 11.8. The number of unbranched alkanes of at least 4 members (excludes halogenated alkanes) is 1. The summed E-state index contributed by atoms with van der Waals surface area (Å²) in [6.07, 6.45) is 8.81. The van der Waals surface area contributed by atoms with E-state index in [-0.39, 0.29) is 12.1 Å². The third-order valence-corrected chi connectivity index (χ3v) is 5.50. The van der Waals surface area contributed by atoms with E-state index in [2.05, 4.69) is 17.2 Å². The molecule has 4 rings (SSSR count). The number of rotatable bonds is 10. The second-order valence-corrected chi connectivity index (χ2v) is 8.15. The van der Waals surface area contributed by atoms with Gasteiger partial charge in [0.2, 0.25) is 0 Å². The summed E-state index contributed by atoms with van der Waals surface area (Å²) in [6.45, 7) is 3.08. The van der Waals surface area contributed by atoms with Crippen molar-refractivity contribution in [2.75, 3.05) is 6.61 Å². The number of nitrogens with zero attached hydrogens (tertiary/aromatic N) is 4. The molecular weight excluding hydrogens is 450 g/mol. The minimum absolute atomic E-state index is 0.00716. The second-order valence-electron chi connectivity index (χ2n) is 8.15. The van der Waals surface area contributed by atoms with Gasteiger partial charge in [-0.3, -0.25) is 9.78 Å². The number of ether oxygens (including phenoxy) is 1. The van der Waals surface area contributed by atoms with E-state index in [1.54, 1.807) is 29.2 Å². The fraction of sp³-hybridized carbons (Fsp3) is 0.172. The highest BCUT2D eigenvalue weighted by atomic mass is 16.5. The number of aromatic nitrogens is 3. The number of pyridine rings is 1. The normalized spacial score (nSPS) is 11.1. The maximum atomic E-state index is 12.8. The Labute approximate surface area is 210 Å². The summed E-state index contributed by atoms with van der Waals surface area (Å²) in [5, 5.41) is 17.3.